The normalized spacial score (nSPS) is 11.7. The van der Waals surface area contributed by atoms with E-state index >= 15 is 0 Å². The summed E-state index contributed by atoms with van der Waals surface area (Å²) in [5, 5.41) is 2.66. The summed E-state index contributed by atoms with van der Waals surface area (Å²) in [6.07, 6.45) is -3.18. The number of aromatic nitrogens is 2. The van der Waals surface area contributed by atoms with Crippen molar-refractivity contribution in [2.24, 2.45) is 0 Å². The molecule has 26 heavy (non-hydrogen) atoms. The number of benzene rings is 1. The molecule has 1 amide bonds. The first-order valence-electron chi connectivity index (χ1n) is 7.84. The summed E-state index contributed by atoms with van der Waals surface area (Å²) in [5.41, 5.74) is 0.636. The number of imidazole rings is 1. The van der Waals surface area contributed by atoms with Gasteiger partial charge in [-0.05, 0) is 43.2 Å². The van der Waals surface area contributed by atoms with Crippen LogP contribution in [0.2, 0.25) is 0 Å². The van der Waals surface area contributed by atoms with Gasteiger partial charge in [-0.15, -0.1) is 0 Å². The molecule has 1 aromatic carbocycles. The topological polar surface area (TPSA) is 46.4 Å². The number of hydrogen-bond acceptors (Lipinski definition) is 2. The molecule has 0 fully saturated rings. The maximum Gasteiger partial charge on any atom is 0.417 e. The minimum Gasteiger partial charge on any atom is -0.350 e. The number of aryl methyl sites for hydroxylation is 1. The van der Waals surface area contributed by atoms with Crippen LogP contribution in [0.3, 0.4) is 0 Å². The second-order valence-corrected chi connectivity index (χ2v) is 5.82. The molecule has 1 N–H and O–H groups in total. The molecule has 0 bridgehead atoms. The van der Waals surface area contributed by atoms with E-state index < -0.39 is 17.6 Å². The van der Waals surface area contributed by atoms with Crippen molar-refractivity contribution in [3.63, 3.8) is 0 Å². The van der Waals surface area contributed by atoms with E-state index in [-0.39, 0.29) is 23.7 Å². The number of amides is 1. The van der Waals surface area contributed by atoms with Gasteiger partial charge in [0.2, 0.25) is 0 Å². The molecule has 0 aliphatic carbocycles. The van der Waals surface area contributed by atoms with Crippen LogP contribution in [-0.4, -0.2) is 21.8 Å². The van der Waals surface area contributed by atoms with Gasteiger partial charge in [0.25, 0.3) is 5.91 Å². The number of fused-ring (bicyclic) bond motifs is 1. The van der Waals surface area contributed by atoms with E-state index in [0.29, 0.717) is 12.1 Å². The maximum atomic E-state index is 12.9. The fourth-order valence-corrected chi connectivity index (χ4v) is 2.66. The van der Waals surface area contributed by atoms with E-state index in [0.717, 1.165) is 22.2 Å². The number of pyridine rings is 1. The molecule has 3 rings (SSSR count). The fraction of sp³-hybridized carbons (Fsp3) is 0.222. The van der Waals surface area contributed by atoms with Crippen LogP contribution in [0.25, 0.3) is 5.65 Å². The van der Waals surface area contributed by atoms with Gasteiger partial charge in [-0.2, -0.15) is 13.2 Å². The number of carbonyl (C=O) groups is 1. The highest BCUT2D eigenvalue weighted by Gasteiger charge is 2.31. The van der Waals surface area contributed by atoms with Gasteiger partial charge in [0.15, 0.2) is 0 Å². The first-order valence-corrected chi connectivity index (χ1v) is 7.84. The Morgan fingerprint density at radius 3 is 2.50 bits per heavy atom. The number of halogens is 4. The molecule has 0 atom stereocenters. The smallest absolute Gasteiger partial charge is 0.350 e. The third-order valence-corrected chi connectivity index (χ3v) is 3.95. The van der Waals surface area contributed by atoms with E-state index in [1.54, 1.807) is 19.1 Å². The summed E-state index contributed by atoms with van der Waals surface area (Å²) in [6, 6.07) is 8.02. The van der Waals surface area contributed by atoms with Crippen molar-refractivity contribution < 1.29 is 22.4 Å². The number of rotatable bonds is 4. The van der Waals surface area contributed by atoms with Crippen LogP contribution in [0.15, 0.2) is 42.6 Å². The standard InChI is InChI=1S/C18H15F4N3O/c1-11-16(17(26)23-9-8-12-2-5-14(19)6-3-12)25-10-13(18(20,21)22)4-7-15(25)24-11/h2-7,10H,8-9H2,1H3,(H,23,26). The Bertz CT molecular complexity index is 945. The van der Waals surface area contributed by atoms with Gasteiger partial charge in [-0.1, -0.05) is 12.1 Å². The lowest BCUT2D eigenvalue weighted by molar-refractivity contribution is -0.137. The zero-order chi connectivity index (χ0) is 18.9. The lowest BCUT2D eigenvalue weighted by atomic mass is 10.1. The summed E-state index contributed by atoms with van der Waals surface area (Å²) < 4.78 is 52.8. The van der Waals surface area contributed by atoms with Crippen molar-refractivity contribution in [2.45, 2.75) is 19.5 Å². The van der Waals surface area contributed by atoms with Crippen molar-refractivity contribution in [1.29, 1.82) is 0 Å². The van der Waals surface area contributed by atoms with Crippen molar-refractivity contribution in [3.05, 3.63) is 70.9 Å². The molecule has 0 aliphatic rings. The van der Waals surface area contributed by atoms with Gasteiger partial charge in [0, 0.05) is 12.7 Å². The van der Waals surface area contributed by atoms with Crippen molar-refractivity contribution in [2.75, 3.05) is 6.54 Å². The predicted molar refractivity (Wildman–Crippen MR) is 87.4 cm³/mol. The Hall–Kier alpha value is -2.90. The van der Waals surface area contributed by atoms with E-state index in [2.05, 4.69) is 10.3 Å². The van der Waals surface area contributed by atoms with Crippen LogP contribution >= 0.6 is 0 Å². The van der Waals surface area contributed by atoms with Crippen molar-refractivity contribution in [1.82, 2.24) is 14.7 Å². The number of carbonyl (C=O) groups excluding carboxylic acids is 1. The molecule has 2 aromatic heterocycles. The van der Waals surface area contributed by atoms with Crippen LogP contribution < -0.4 is 5.32 Å². The molecule has 0 spiro atoms. The number of hydrogen-bond donors (Lipinski definition) is 1. The minimum atomic E-state index is -4.51. The van der Waals surface area contributed by atoms with Gasteiger partial charge >= 0.3 is 6.18 Å². The van der Waals surface area contributed by atoms with Crippen LogP contribution in [0.5, 0.6) is 0 Å². The van der Waals surface area contributed by atoms with Crippen LogP contribution in [0.1, 0.15) is 27.3 Å². The Kier molecular flexibility index (Phi) is 4.67. The molecule has 0 saturated carbocycles. The minimum absolute atomic E-state index is 0.0604. The van der Waals surface area contributed by atoms with Crippen LogP contribution in [0, 0.1) is 12.7 Å². The molecule has 0 radical (unpaired) electrons. The summed E-state index contributed by atoms with van der Waals surface area (Å²) in [7, 11) is 0. The first-order chi connectivity index (χ1) is 12.3. The SMILES string of the molecule is Cc1nc2ccc(C(F)(F)F)cn2c1C(=O)NCCc1ccc(F)cc1. The number of nitrogens with zero attached hydrogens (tertiary/aromatic N) is 2. The fourth-order valence-electron chi connectivity index (χ4n) is 2.66. The summed E-state index contributed by atoms with van der Waals surface area (Å²) in [4.78, 5) is 16.6. The van der Waals surface area contributed by atoms with Gasteiger partial charge in [0.05, 0.1) is 11.3 Å². The number of alkyl halides is 3. The molecule has 2 heterocycles. The van der Waals surface area contributed by atoms with Gasteiger partial charge in [0.1, 0.15) is 17.2 Å². The molecule has 8 heteroatoms. The van der Waals surface area contributed by atoms with Crippen LogP contribution in [-0.2, 0) is 12.6 Å². The molecule has 3 aromatic rings. The van der Waals surface area contributed by atoms with Gasteiger partial charge < -0.3 is 5.32 Å². The van der Waals surface area contributed by atoms with E-state index in [1.165, 1.54) is 18.2 Å². The Morgan fingerprint density at radius 2 is 1.85 bits per heavy atom. The lowest BCUT2D eigenvalue weighted by Gasteiger charge is -2.09. The number of nitrogens with one attached hydrogen (secondary N) is 1. The average molecular weight is 365 g/mol. The van der Waals surface area contributed by atoms with E-state index in [1.807, 2.05) is 0 Å². The molecule has 4 nitrogen and oxygen atoms in total. The molecular formula is C18H15F4N3O. The van der Waals surface area contributed by atoms with E-state index in [9.17, 15) is 22.4 Å². The van der Waals surface area contributed by atoms with Crippen molar-refractivity contribution >= 4 is 11.6 Å². The second kappa shape index (κ2) is 6.78. The zero-order valence-corrected chi connectivity index (χ0v) is 13.8. The van der Waals surface area contributed by atoms with E-state index in [4.69, 9.17) is 0 Å². The lowest BCUT2D eigenvalue weighted by Crippen LogP contribution is -2.27. The summed E-state index contributed by atoms with van der Waals surface area (Å²) in [6.45, 7) is 1.82. The summed E-state index contributed by atoms with van der Waals surface area (Å²) >= 11 is 0. The predicted octanol–water partition coefficient (Wildman–Crippen LogP) is 3.77. The highest BCUT2D eigenvalue weighted by molar-refractivity contribution is 5.94. The molecule has 0 unspecified atom stereocenters. The molecule has 0 aliphatic heterocycles. The first kappa shape index (κ1) is 17.9. The third-order valence-electron chi connectivity index (χ3n) is 3.95. The zero-order valence-electron chi connectivity index (χ0n) is 13.8. The summed E-state index contributed by atoms with van der Waals surface area (Å²) in [5.74, 6) is -0.865. The average Bonchev–Trinajstić information content (AvgIpc) is 2.90. The molecule has 136 valence electrons. The largest absolute Gasteiger partial charge is 0.417 e. The van der Waals surface area contributed by atoms with Gasteiger partial charge in [-0.3, -0.25) is 9.20 Å². The highest BCUT2D eigenvalue weighted by Crippen LogP contribution is 2.29. The third kappa shape index (κ3) is 3.68. The van der Waals surface area contributed by atoms with Crippen molar-refractivity contribution in [3.8, 4) is 0 Å². The Labute approximate surface area is 146 Å². The molecule has 0 saturated heterocycles. The monoisotopic (exact) mass is 365 g/mol. The Morgan fingerprint density at radius 1 is 1.15 bits per heavy atom. The van der Waals surface area contributed by atoms with Gasteiger partial charge in [-0.25, -0.2) is 9.37 Å². The molecular weight excluding hydrogens is 350 g/mol. The quantitative estimate of drug-likeness (QED) is 0.716. The maximum absolute atomic E-state index is 12.9. The highest BCUT2D eigenvalue weighted by atomic mass is 19.4. The Balaban J connectivity index is 1.78. The second-order valence-electron chi connectivity index (χ2n) is 5.82. The van der Waals surface area contributed by atoms with Crippen LogP contribution in [0.4, 0.5) is 17.6 Å².